The van der Waals surface area contributed by atoms with Crippen molar-refractivity contribution >= 4 is 0 Å². The van der Waals surface area contributed by atoms with E-state index in [0.29, 0.717) is 0 Å². The van der Waals surface area contributed by atoms with Crippen LogP contribution in [-0.2, 0) is 0 Å². The summed E-state index contributed by atoms with van der Waals surface area (Å²) in [6.07, 6.45) is -0.600. The van der Waals surface area contributed by atoms with E-state index in [1.807, 2.05) is 45.0 Å². The molecule has 1 unspecified atom stereocenters. The Labute approximate surface area is 121 Å². The van der Waals surface area contributed by atoms with Crippen LogP contribution in [0.15, 0.2) is 36.4 Å². The minimum atomic E-state index is -0.600. The predicted octanol–water partition coefficient (Wildman–Crippen LogP) is 4.03. The number of hydrogen-bond acceptors (Lipinski definition) is 2. The summed E-state index contributed by atoms with van der Waals surface area (Å²) in [6, 6.07) is 12.1. The maximum absolute atomic E-state index is 10.4. The van der Waals surface area contributed by atoms with Gasteiger partial charge in [-0.15, -0.1) is 0 Å². The Kier molecular flexibility index (Phi) is 4.46. The first kappa shape index (κ1) is 14.6. The van der Waals surface area contributed by atoms with Gasteiger partial charge in [0.25, 0.3) is 0 Å². The molecular weight excluding hydrogens is 248 g/mol. The molecule has 0 aromatic heterocycles. The Bertz CT molecular complexity index is 562. The fourth-order valence-corrected chi connectivity index (χ4v) is 2.61. The molecule has 0 aliphatic heterocycles. The van der Waals surface area contributed by atoms with E-state index in [2.05, 4.69) is 19.1 Å². The largest absolute Gasteiger partial charge is 0.491 e. The molecule has 0 radical (unpaired) electrons. The van der Waals surface area contributed by atoms with Gasteiger partial charge in [-0.25, -0.2) is 0 Å². The minimum absolute atomic E-state index is 0.272. The first-order valence-corrected chi connectivity index (χ1v) is 6.92. The van der Waals surface area contributed by atoms with E-state index in [0.717, 1.165) is 22.4 Å². The fraction of sp³-hybridized carbons (Fsp3) is 0.333. The third-order valence-corrected chi connectivity index (χ3v) is 3.50. The second-order valence-corrected chi connectivity index (χ2v) is 5.45. The quantitative estimate of drug-likeness (QED) is 0.908. The van der Waals surface area contributed by atoms with Gasteiger partial charge < -0.3 is 9.84 Å². The van der Waals surface area contributed by atoms with Gasteiger partial charge in [0.05, 0.1) is 0 Å². The molecule has 0 amide bonds. The van der Waals surface area contributed by atoms with E-state index in [9.17, 15) is 5.11 Å². The van der Waals surface area contributed by atoms with Gasteiger partial charge >= 0.3 is 0 Å². The lowest BCUT2D eigenvalue weighted by atomic mass is 9.96. The highest BCUT2D eigenvalue weighted by molar-refractivity contribution is 5.39. The Balaban J connectivity index is 2.09. The lowest BCUT2D eigenvalue weighted by molar-refractivity contribution is 0.107. The van der Waals surface area contributed by atoms with Crippen molar-refractivity contribution in [3.8, 4) is 5.75 Å². The topological polar surface area (TPSA) is 29.5 Å². The zero-order chi connectivity index (χ0) is 14.7. The van der Waals surface area contributed by atoms with Crippen LogP contribution >= 0.6 is 0 Å². The smallest absolute Gasteiger partial charge is 0.119 e. The van der Waals surface area contributed by atoms with Crippen LogP contribution in [0.1, 0.15) is 33.9 Å². The number of aryl methyl sites for hydroxylation is 4. The Morgan fingerprint density at radius 3 is 2.00 bits per heavy atom. The van der Waals surface area contributed by atoms with E-state index in [-0.39, 0.29) is 6.61 Å². The Hall–Kier alpha value is -1.80. The summed E-state index contributed by atoms with van der Waals surface area (Å²) < 4.78 is 5.67. The van der Waals surface area contributed by atoms with Crippen LogP contribution in [0.5, 0.6) is 5.75 Å². The molecule has 2 aromatic carbocycles. The van der Waals surface area contributed by atoms with Gasteiger partial charge in [-0.2, -0.15) is 0 Å². The predicted molar refractivity (Wildman–Crippen MR) is 82.3 cm³/mol. The molecule has 0 fully saturated rings. The third kappa shape index (κ3) is 3.40. The SMILES string of the molecule is Cc1ccc(OCC(O)c2c(C)cc(C)cc2C)cc1. The van der Waals surface area contributed by atoms with E-state index in [1.54, 1.807) is 0 Å². The van der Waals surface area contributed by atoms with E-state index >= 15 is 0 Å². The molecule has 2 nitrogen and oxygen atoms in total. The molecule has 106 valence electrons. The van der Waals surface area contributed by atoms with Crippen molar-refractivity contribution in [2.45, 2.75) is 33.8 Å². The van der Waals surface area contributed by atoms with E-state index < -0.39 is 6.10 Å². The summed E-state index contributed by atoms with van der Waals surface area (Å²) in [5.41, 5.74) is 5.62. The number of ether oxygens (including phenoxy) is 1. The lowest BCUT2D eigenvalue weighted by Crippen LogP contribution is -2.12. The van der Waals surface area contributed by atoms with Gasteiger partial charge in [-0.05, 0) is 56.5 Å². The standard InChI is InChI=1S/C18H22O2/c1-12-5-7-16(8-6-12)20-11-17(19)18-14(3)9-13(2)10-15(18)4/h5-10,17,19H,11H2,1-4H3. The highest BCUT2D eigenvalue weighted by Gasteiger charge is 2.14. The molecular formula is C18H22O2. The van der Waals surface area contributed by atoms with Crippen molar-refractivity contribution in [2.24, 2.45) is 0 Å². The molecule has 1 atom stereocenters. The van der Waals surface area contributed by atoms with Gasteiger partial charge in [0.15, 0.2) is 0 Å². The van der Waals surface area contributed by atoms with Crippen LogP contribution in [0, 0.1) is 27.7 Å². The van der Waals surface area contributed by atoms with Crippen LogP contribution in [0.2, 0.25) is 0 Å². The zero-order valence-corrected chi connectivity index (χ0v) is 12.6. The van der Waals surface area contributed by atoms with Crippen LogP contribution < -0.4 is 4.74 Å². The minimum Gasteiger partial charge on any atom is -0.491 e. The fourth-order valence-electron chi connectivity index (χ4n) is 2.61. The van der Waals surface area contributed by atoms with Gasteiger partial charge in [0, 0.05) is 0 Å². The molecule has 0 saturated carbocycles. The van der Waals surface area contributed by atoms with Crippen LogP contribution in [0.25, 0.3) is 0 Å². The molecule has 2 heteroatoms. The highest BCUT2D eigenvalue weighted by Crippen LogP contribution is 2.24. The van der Waals surface area contributed by atoms with Gasteiger partial charge in [-0.3, -0.25) is 0 Å². The van der Waals surface area contributed by atoms with Crippen molar-refractivity contribution in [1.82, 2.24) is 0 Å². The Morgan fingerprint density at radius 2 is 1.45 bits per heavy atom. The molecule has 0 saturated heterocycles. The monoisotopic (exact) mass is 270 g/mol. The van der Waals surface area contributed by atoms with Crippen molar-refractivity contribution in [1.29, 1.82) is 0 Å². The first-order valence-electron chi connectivity index (χ1n) is 6.92. The summed E-state index contributed by atoms with van der Waals surface area (Å²) in [5.74, 6) is 0.789. The summed E-state index contributed by atoms with van der Waals surface area (Å²) in [5, 5.41) is 10.4. The second kappa shape index (κ2) is 6.10. The summed E-state index contributed by atoms with van der Waals surface area (Å²) in [4.78, 5) is 0. The van der Waals surface area contributed by atoms with E-state index in [1.165, 1.54) is 11.1 Å². The number of benzene rings is 2. The van der Waals surface area contributed by atoms with Gasteiger partial charge in [-0.1, -0.05) is 35.4 Å². The maximum atomic E-state index is 10.4. The molecule has 2 rings (SSSR count). The van der Waals surface area contributed by atoms with Crippen molar-refractivity contribution < 1.29 is 9.84 Å². The molecule has 0 heterocycles. The van der Waals surface area contributed by atoms with Crippen molar-refractivity contribution in [3.05, 3.63) is 64.2 Å². The van der Waals surface area contributed by atoms with Gasteiger partial charge in [0.2, 0.25) is 0 Å². The summed E-state index contributed by atoms with van der Waals surface area (Å²) in [7, 11) is 0. The van der Waals surface area contributed by atoms with Crippen LogP contribution in [0.4, 0.5) is 0 Å². The number of hydrogen-bond donors (Lipinski definition) is 1. The number of aliphatic hydroxyl groups excluding tert-OH is 1. The zero-order valence-electron chi connectivity index (χ0n) is 12.6. The average Bonchev–Trinajstić information content (AvgIpc) is 2.37. The molecule has 0 aliphatic carbocycles. The molecule has 0 spiro atoms. The Morgan fingerprint density at radius 1 is 0.900 bits per heavy atom. The third-order valence-electron chi connectivity index (χ3n) is 3.50. The molecule has 0 aliphatic rings. The maximum Gasteiger partial charge on any atom is 0.119 e. The molecule has 0 bridgehead atoms. The average molecular weight is 270 g/mol. The van der Waals surface area contributed by atoms with Gasteiger partial charge in [0.1, 0.15) is 18.5 Å². The first-order chi connectivity index (χ1) is 9.47. The van der Waals surface area contributed by atoms with E-state index in [4.69, 9.17) is 4.74 Å². The van der Waals surface area contributed by atoms with Crippen molar-refractivity contribution in [3.63, 3.8) is 0 Å². The molecule has 2 aromatic rings. The van der Waals surface area contributed by atoms with Crippen molar-refractivity contribution in [2.75, 3.05) is 6.61 Å². The molecule has 1 N–H and O–H groups in total. The number of rotatable bonds is 4. The number of aliphatic hydroxyl groups is 1. The highest BCUT2D eigenvalue weighted by atomic mass is 16.5. The summed E-state index contributed by atoms with van der Waals surface area (Å²) >= 11 is 0. The van der Waals surface area contributed by atoms with Crippen LogP contribution in [-0.4, -0.2) is 11.7 Å². The lowest BCUT2D eigenvalue weighted by Gasteiger charge is -2.18. The normalized spacial score (nSPS) is 12.2. The van der Waals surface area contributed by atoms with Crippen LogP contribution in [0.3, 0.4) is 0 Å². The summed E-state index contributed by atoms with van der Waals surface area (Å²) in [6.45, 7) is 8.44. The molecule has 20 heavy (non-hydrogen) atoms. The second-order valence-electron chi connectivity index (χ2n) is 5.45.